The van der Waals surface area contributed by atoms with Gasteiger partial charge in [0.15, 0.2) is 0 Å². The van der Waals surface area contributed by atoms with Gasteiger partial charge in [-0.15, -0.1) is 0 Å². The molecule has 10 heteroatoms. The Bertz CT molecular complexity index is 1000. The predicted molar refractivity (Wildman–Crippen MR) is 112 cm³/mol. The van der Waals surface area contributed by atoms with E-state index < -0.39 is 23.5 Å². The van der Waals surface area contributed by atoms with Crippen LogP contribution in [0, 0.1) is 11.3 Å². The number of anilines is 2. The smallest absolute Gasteiger partial charge is 0.417 e. The van der Waals surface area contributed by atoms with E-state index in [9.17, 15) is 18.0 Å². The number of amides is 2. The Morgan fingerprint density at radius 2 is 1.97 bits per heavy atom. The molecule has 0 spiro atoms. The predicted octanol–water partition coefficient (Wildman–Crippen LogP) is 4.30. The molecule has 2 atom stereocenters. The first-order valence-corrected chi connectivity index (χ1v) is 9.83. The topological polar surface area (TPSA) is 77.8 Å². The third-order valence-corrected chi connectivity index (χ3v) is 4.94. The zero-order valence-corrected chi connectivity index (χ0v) is 17.8. The fraction of sp³-hybridized carbons (Fsp3) is 0.364. The van der Waals surface area contributed by atoms with Crippen molar-refractivity contribution < 1.29 is 27.4 Å². The molecule has 7 nitrogen and oxygen atoms in total. The first kappa shape index (κ1) is 23.2. The number of hydrogen-bond acceptors (Lipinski definition) is 5. The van der Waals surface area contributed by atoms with Gasteiger partial charge in [0.2, 0.25) is 0 Å². The number of nitrogens with one attached hydrogen (secondary N) is 1. The van der Waals surface area contributed by atoms with Crippen LogP contribution in [-0.2, 0) is 10.9 Å². The molecule has 1 aliphatic heterocycles. The summed E-state index contributed by atoms with van der Waals surface area (Å²) in [5, 5.41) is 11.7. The summed E-state index contributed by atoms with van der Waals surface area (Å²) in [4.78, 5) is 14.8. The van der Waals surface area contributed by atoms with Crippen molar-refractivity contribution in [2.75, 3.05) is 37.5 Å². The highest BCUT2D eigenvalue weighted by Gasteiger charge is 2.36. The highest BCUT2D eigenvalue weighted by atomic mass is 19.4. The van der Waals surface area contributed by atoms with Gasteiger partial charge in [-0.05, 0) is 49.4 Å². The molecule has 0 saturated carbocycles. The molecule has 1 heterocycles. The Labute approximate surface area is 183 Å². The maximum absolute atomic E-state index is 13.3. The molecule has 1 aliphatic rings. The zero-order chi connectivity index (χ0) is 23.5. The van der Waals surface area contributed by atoms with Crippen molar-refractivity contribution >= 4 is 17.4 Å². The summed E-state index contributed by atoms with van der Waals surface area (Å²) in [5.41, 5.74) is -0.438. The van der Waals surface area contributed by atoms with E-state index in [0.717, 1.165) is 6.07 Å². The first-order valence-electron chi connectivity index (χ1n) is 9.83. The zero-order valence-electron chi connectivity index (χ0n) is 17.8. The minimum absolute atomic E-state index is 0.201. The van der Waals surface area contributed by atoms with Gasteiger partial charge in [-0.2, -0.15) is 18.4 Å². The van der Waals surface area contributed by atoms with Crippen LogP contribution in [0.5, 0.6) is 5.75 Å². The van der Waals surface area contributed by atoms with Crippen molar-refractivity contribution in [1.82, 2.24) is 4.90 Å². The van der Waals surface area contributed by atoms with Crippen molar-refractivity contribution in [2.24, 2.45) is 0 Å². The molecule has 32 heavy (non-hydrogen) atoms. The number of urea groups is 1. The lowest BCUT2D eigenvalue weighted by Gasteiger charge is -2.23. The van der Waals surface area contributed by atoms with Crippen LogP contribution in [0.15, 0.2) is 42.5 Å². The summed E-state index contributed by atoms with van der Waals surface area (Å²) in [6.45, 7) is 2.28. The number of rotatable bonds is 5. The van der Waals surface area contributed by atoms with Gasteiger partial charge in [-0.25, -0.2) is 4.79 Å². The molecule has 3 rings (SSSR count). The molecule has 0 unspecified atom stereocenters. The fourth-order valence-corrected chi connectivity index (χ4v) is 3.27. The molecule has 2 aromatic carbocycles. The van der Waals surface area contributed by atoms with Crippen LogP contribution in [0.2, 0.25) is 0 Å². The van der Waals surface area contributed by atoms with Crippen LogP contribution >= 0.6 is 0 Å². The standard InChI is InChI=1S/C22H23F3N4O3/c1-14-29(17-7-4-15(11-26)20(10-17)22(23,24)25)12-19(32-14)13-31-18-8-5-16(6-9-18)27-21(30)28(2)3/h4-10,14,19H,12-13H2,1-3H3,(H,27,30)/t14-,19+/m1/s1. The van der Waals surface area contributed by atoms with Gasteiger partial charge in [0.1, 0.15) is 24.7 Å². The fourth-order valence-electron chi connectivity index (χ4n) is 3.27. The Morgan fingerprint density at radius 1 is 1.28 bits per heavy atom. The van der Waals surface area contributed by atoms with E-state index in [1.54, 1.807) is 56.3 Å². The highest BCUT2D eigenvalue weighted by molar-refractivity contribution is 5.88. The van der Waals surface area contributed by atoms with Crippen LogP contribution in [-0.4, -0.2) is 50.5 Å². The van der Waals surface area contributed by atoms with Crippen molar-refractivity contribution in [2.45, 2.75) is 25.4 Å². The minimum atomic E-state index is -4.62. The van der Waals surface area contributed by atoms with E-state index in [0.29, 0.717) is 23.7 Å². The maximum Gasteiger partial charge on any atom is 0.417 e. The summed E-state index contributed by atoms with van der Waals surface area (Å²) in [5.74, 6) is 0.570. The summed E-state index contributed by atoms with van der Waals surface area (Å²) in [6, 6.07) is 11.8. The summed E-state index contributed by atoms with van der Waals surface area (Å²) < 4.78 is 51.4. The Kier molecular flexibility index (Phi) is 6.79. The van der Waals surface area contributed by atoms with Crippen LogP contribution in [0.25, 0.3) is 0 Å². The molecular formula is C22H23F3N4O3. The van der Waals surface area contributed by atoms with Crippen molar-refractivity contribution in [3.05, 3.63) is 53.6 Å². The average molecular weight is 448 g/mol. The van der Waals surface area contributed by atoms with Gasteiger partial charge < -0.3 is 24.6 Å². The molecule has 0 radical (unpaired) electrons. The van der Waals surface area contributed by atoms with Gasteiger partial charge in [-0.3, -0.25) is 0 Å². The van der Waals surface area contributed by atoms with Crippen molar-refractivity contribution in [3.8, 4) is 11.8 Å². The molecule has 2 amide bonds. The third kappa shape index (κ3) is 5.42. The molecule has 1 fully saturated rings. The SMILES string of the molecule is C[C@H]1O[C@H](COc2ccc(NC(=O)N(C)C)cc2)CN1c1ccc(C#N)c(C(F)(F)F)c1. The summed E-state index contributed by atoms with van der Waals surface area (Å²) in [7, 11) is 3.28. The number of benzene rings is 2. The minimum Gasteiger partial charge on any atom is -0.491 e. The number of nitriles is 1. The van der Waals surface area contributed by atoms with E-state index in [-0.39, 0.29) is 18.7 Å². The van der Waals surface area contributed by atoms with Crippen molar-refractivity contribution in [1.29, 1.82) is 5.26 Å². The molecule has 0 bridgehead atoms. The number of carbonyl (C=O) groups excluding carboxylic acids is 1. The Hall–Kier alpha value is -3.45. The number of halogens is 3. The number of hydrogen-bond donors (Lipinski definition) is 1. The van der Waals surface area contributed by atoms with Gasteiger partial charge >= 0.3 is 12.2 Å². The quantitative estimate of drug-likeness (QED) is 0.738. The van der Waals surface area contributed by atoms with E-state index in [2.05, 4.69) is 5.32 Å². The molecular weight excluding hydrogens is 425 g/mol. The van der Waals surface area contributed by atoms with Crippen LogP contribution < -0.4 is 15.0 Å². The normalized spacial score (nSPS) is 18.2. The summed E-state index contributed by atoms with van der Waals surface area (Å²) >= 11 is 0. The third-order valence-electron chi connectivity index (χ3n) is 4.94. The molecule has 2 aromatic rings. The second-order valence-electron chi connectivity index (χ2n) is 7.51. The van der Waals surface area contributed by atoms with Crippen molar-refractivity contribution in [3.63, 3.8) is 0 Å². The second kappa shape index (κ2) is 9.36. The maximum atomic E-state index is 13.3. The number of nitrogens with zero attached hydrogens (tertiary/aromatic N) is 3. The molecule has 170 valence electrons. The second-order valence-corrected chi connectivity index (χ2v) is 7.51. The number of carbonyl (C=O) groups is 1. The lowest BCUT2D eigenvalue weighted by molar-refractivity contribution is -0.137. The lowest BCUT2D eigenvalue weighted by Crippen LogP contribution is -2.29. The van der Waals surface area contributed by atoms with Gasteiger partial charge in [0, 0.05) is 25.5 Å². The molecule has 0 aromatic heterocycles. The molecule has 1 N–H and O–H groups in total. The van der Waals surface area contributed by atoms with E-state index in [1.165, 1.54) is 17.0 Å². The number of ether oxygens (including phenoxy) is 2. The largest absolute Gasteiger partial charge is 0.491 e. The van der Waals surface area contributed by atoms with Crippen LogP contribution in [0.1, 0.15) is 18.1 Å². The van der Waals surface area contributed by atoms with Gasteiger partial charge in [0.05, 0.1) is 23.7 Å². The van der Waals surface area contributed by atoms with E-state index in [4.69, 9.17) is 14.7 Å². The monoisotopic (exact) mass is 448 g/mol. The highest BCUT2D eigenvalue weighted by Crippen LogP contribution is 2.36. The summed E-state index contributed by atoms with van der Waals surface area (Å²) in [6.07, 6.45) is -5.43. The van der Waals surface area contributed by atoms with E-state index >= 15 is 0 Å². The lowest BCUT2D eigenvalue weighted by atomic mass is 10.1. The first-order chi connectivity index (χ1) is 15.1. The van der Waals surface area contributed by atoms with Gasteiger partial charge in [-0.1, -0.05) is 0 Å². The van der Waals surface area contributed by atoms with Crippen LogP contribution in [0.4, 0.5) is 29.3 Å². The molecule has 0 aliphatic carbocycles. The Morgan fingerprint density at radius 3 is 2.56 bits per heavy atom. The average Bonchev–Trinajstić information content (AvgIpc) is 3.12. The molecule has 1 saturated heterocycles. The Balaban J connectivity index is 1.61. The number of alkyl halides is 3. The van der Waals surface area contributed by atoms with Crippen LogP contribution in [0.3, 0.4) is 0 Å². The van der Waals surface area contributed by atoms with Gasteiger partial charge in [0.25, 0.3) is 0 Å². The van der Waals surface area contributed by atoms with E-state index in [1.807, 2.05) is 0 Å².